The molecule has 1 saturated carbocycles. The molecule has 28 heavy (non-hydrogen) atoms. The number of urea groups is 1. The Bertz CT molecular complexity index is 665. The van der Waals surface area contributed by atoms with E-state index in [1.807, 2.05) is 0 Å². The van der Waals surface area contributed by atoms with Gasteiger partial charge in [0.15, 0.2) is 0 Å². The smallest absolute Gasteiger partial charge is 0.319 e. The summed E-state index contributed by atoms with van der Waals surface area (Å²) in [6.45, 7) is 7.71. The molecule has 0 bridgehead atoms. The van der Waals surface area contributed by atoms with Crippen LogP contribution in [0.3, 0.4) is 0 Å². The number of anilines is 2. The van der Waals surface area contributed by atoms with Crippen molar-refractivity contribution in [3.8, 4) is 0 Å². The van der Waals surface area contributed by atoms with E-state index in [2.05, 4.69) is 45.6 Å². The van der Waals surface area contributed by atoms with Crippen LogP contribution in [0, 0.1) is 12.8 Å². The minimum Gasteiger partial charge on any atom is -0.370 e. The molecule has 2 saturated heterocycles. The molecule has 5 heteroatoms. The number of hydrogen-bond donors (Lipinski definition) is 2. The van der Waals surface area contributed by atoms with E-state index in [-0.39, 0.29) is 6.03 Å². The number of nitrogens with one attached hydrogen (secondary N) is 2. The second-order valence-electron chi connectivity index (χ2n) is 8.97. The molecular weight excluding hydrogens is 348 g/mol. The molecule has 0 spiro atoms. The van der Waals surface area contributed by atoms with Crippen molar-refractivity contribution in [3.63, 3.8) is 0 Å². The maximum Gasteiger partial charge on any atom is 0.319 e. The van der Waals surface area contributed by atoms with Gasteiger partial charge in [0.1, 0.15) is 0 Å². The quantitative estimate of drug-likeness (QED) is 0.792. The van der Waals surface area contributed by atoms with Crippen LogP contribution in [0.25, 0.3) is 0 Å². The van der Waals surface area contributed by atoms with Crippen molar-refractivity contribution < 1.29 is 4.79 Å². The first-order chi connectivity index (χ1) is 13.7. The number of rotatable bonds is 5. The summed E-state index contributed by atoms with van der Waals surface area (Å²) in [5.74, 6) is 0.654. The van der Waals surface area contributed by atoms with Gasteiger partial charge in [0.05, 0.1) is 0 Å². The molecule has 0 radical (unpaired) electrons. The number of nitrogens with zero attached hydrogens (tertiary/aromatic N) is 2. The van der Waals surface area contributed by atoms with Crippen molar-refractivity contribution >= 4 is 17.4 Å². The summed E-state index contributed by atoms with van der Waals surface area (Å²) in [4.78, 5) is 17.5. The second kappa shape index (κ2) is 9.17. The molecule has 154 valence electrons. The molecular formula is C23H36N4O. The molecule has 1 atom stereocenters. The maximum absolute atomic E-state index is 12.3. The fourth-order valence-corrected chi connectivity index (χ4v) is 5.16. The summed E-state index contributed by atoms with van der Waals surface area (Å²) in [6, 6.07) is 7.09. The Morgan fingerprint density at radius 2 is 1.82 bits per heavy atom. The number of carbonyl (C=O) groups excluding carboxylic acids is 1. The normalized spacial score (nSPS) is 23.9. The summed E-state index contributed by atoms with van der Waals surface area (Å²) in [6.07, 6.45) is 10.5. The second-order valence-corrected chi connectivity index (χ2v) is 8.97. The zero-order chi connectivity index (χ0) is 19.3. The summed E-state index contributed by atoms with van der Waals surface area (Å²) >= 11 is 0. The third kappa shape index (κ3) is 4.80. The van der Waals surface area contributed by atoms with Crippen LogP contribution in [-0.4, -0.2) is 49.7 Å². The summed E-state index contributed by atoms with van der Waals surface area (Å²) in [5.41, 5.74) is 3.34. The van der Waals surface area contributed by atoms with Gasteiger partial charge >= 0.3 is 6.03 Å². The van der Waals surface area contributed by atoms with Crippen molar-refractivity contribution in [2.75, 3.05) is 42.9 Å². The predicted octanol–water partition coefficient (Wildman–Crippen LogP) is 4.37. The highest BCUT2D eigenvalue weighted by Crippen LogP contribution is 2.28. The molecule has 1 aliphatic carbocycles. The minimum atomic E-state index is -0.0725. The largest absolute Gasteiger partial charge is 0.370 e. The Labute approximate surface area is 169 Å². The molecule has 1 aromatic carbocycles. The lowest BCUT2D eigenvalue weighted by molar-refractivity contribution is 0.247. The van der Waals surface area contributed by atoms with Crippen molar-refractivity contribution in [1.82, 2.24) is 10.2 Å². The van der Waals surface area contributed by atoms with E-state index >= 15 is 0 Å². The molecule has 2 N–H and O–H groups in total. The third-order valence-corrected chi connectivity index (χ3v) is 6.92. The van der Waals surface area contributed by atoms with Crippen LogP contribution in [-0.2, 0) is 0 Å². The first-order valence-electron chi connectivity index (χ1n) is 11.3. The Kier molecular flexibility index (Phi) is 6.40. The monoisotopic (exact) mass is 384 g/mol. The average Bonchev–Trinajstić information content (AvgIpc) is 3.40. The van der Waals surface area contributed by atoms with Crippen molar-refractivity contribution in [3.05, 3.63) is 23.8 Å². The fourth-order valence-electron chi connectivity index (χ4n) is 5.16. The zero-order valence-electron chi connectivity index (χ0n) is 17.4. The van der Waals surface area contributed by atoms with Gasteiger partial charge < -0.3 is 15.5 Å². The van der Waals surface area contributed by atoms with Crippen molar-refractivity contribution in [2.45, 2.75) is 64.3 Å². The number of likely N-dealkylation sites (tertiary alicyclic amines) is 1. The van der Waals surface area contributed by atoms with Crippen LogP contribution in [0.2, 0.25) is 0 Å². The van der Waals surface area contributed by atoms with Gasteiger partial charge in [-0.05, 0) is 81.8 Å². The molecule has 5 nitrogen and oxygen atoms in total. The molecule has 0 aromatic heterocycles. The van der Waals surface area contributed by atoms with Gasteiger partial charge in [-0.25, -0.2) is 4.79 Å². The molecule has 3 aliphatic rings. The zero-order valence-corrected chi connectivity index (χ0v) is 17.4. The van der Waals surface area contributed by atoms with E-state index < -0.39 is 0 Å². The van der Waals surface area contributed by atoms with E-state index in [0.29, 0.717) is 12.0 Å². The Morgan fingerprint density at radius 1 is 1.04 bits per heavy atom. The van der Waals surface area contributed by atoms with E-state index in [1.165, 1.54) is 70.1 Å². The highest BCUT2D eigenvalue weighted by molar-refractivity contribution is 5.90. The van der Waals surface area contributed by atoms with Crippen LogP contribution in [0.5, 0.6) is 0 Å². The predicted molar refractivity (Wildman–Crippen MR) is 116 cm³/mol. The summed E-state index contributed by atoms with van der Waals surface area (Å²) in [7, 11) is 0. The Morgan fingerprint density at radius 3 is 2.57 bits per heavy atom. The van der Waals surface area contributed by atoms with Crippen molar-refractivity contribution in [1.29, 1.82) is 0 Å². The van der Waals surface area contributed by atoms with Crippen LogP contribution < -0.4 is 15.5 Å². The molecule has 3 fully saturated rings. The van der Waals surface area contributed by atoms with Gasteiger partial charge in [0, 0.05) is 37.1 Å². The van der Waals surface area contributed by atoms with Crippen molar-refractivity contribution in [2.24, 2.45) is 5.92 Å². The highest BCUT2D eigenvalue weighted by Gasteiger charge is 2.29. The lowest BCUT2D eigenvalue weighted by Gasteiger charge is -2.25. The summed E-state index contributed by atoms with van der Waals surface area (Å²) < 4.78 is 0. The number of carbonyl (C=O) groups is 1. The number of aryl methyl sites for hydroxylation is 1. The average molecular weight is 385 g/mol. The topological polar surface area (TPSA) is 47.6 Å². The van der Waals surface area contributed by atoms with E-state index in [4.69, 9.17) is 0 Å². The van der Waals surface area contributed by atoms with Gasteiger partial charge in [0.25, 0.3) is 0 Å². The molecule has 2 heterocycles. The lowest BCUT2D eigenvalue weighted by Crippen LogP contribution is -2.35. The van der Waals surface area contributed by atoms with E-state index in [9.17, 15) is 4.79 Å². The van der Waals surface area contributed by atoms with E-state index in [1.54, 1.807) is 0 Å². The SMILES string of the molecule is Cc1cc(N2CC[C@H](N3CCCC3)C2)ccc1NC(=O)NCC1CCCCC1. The fraction of sp³-hybridized carbons (Fsp3) is 0.696. The Hall–Kier alpha value is -1.75. The Balaban J connectivity index is 1.28. The number of benzene rings is 1. The maximum atomic E-state index is 12.3. The van der Waals surface area contributed by atoms with Gasteiger partial charge in [-0.1, -0.05) is 19.3 Å². The standard InChI is InChI=1S/C23H36N4O/c1-18-15-20(27-14-11-21(17-27)26-12-5-6-13-26)9-10-22(18)25-23(28)24-16-19-7-3-2-4-8-19/h9-10,15,19,21H,2-8,11-14,16-17H2,1H3,(H2,24,25,28)/t21-/m0/s1. The summed E-state index contributed by atoms with van der Waals surface area (Å²) in [5, 5.41) is 6.11. The first-order valence-corrected chi connectivity index (χ1v) is 11.3. The molecule has 0 unspecified atom stereocenters. The van der Waals surface area contributed by atoms with Crippen LogP contribution in [0.4, 0.5) is 16.2 Å². The van der Waals surface area contributed by atoms with Crippen LogP contribution in [0.1, 0.15) is 56.9 Å². The van der Waals surface area contributed by atoms with Gasteiger partial charge in [-0.2, -0.15) is 0 Å². The van der Waals surface area contributed by atoms with E-state index in [0.717, 1.165) is 30.9 Å². The van der Waals surface area contributed by atoms with Gasteiger partial charge in [-0.15, -0.1) is 0 Å². The lowest BCUT2D eigenvalue weighted by atomic mass is 9.89. The number of hydrogen-bond acceptors (Lipinski definition) is 3. The molecule has 2 amide bonds. The first kappa shape index (κ1) is 19.6. The minimum absolute atomic E-state index is 0.0725. The third-order valence-electron chi connectivity index (χ3n) is 6.92. The number of amides is 2. The van der Waals surface area contributed by atoms with Crippen LogP contribution in [0.15, 0.2) is 18.2 Å². The molecule has 2 aliphatic heterocycles. The van der Waals surface area contributed by atoms with Gasteiger partial charge in [0.2, 0.25) is 0 Å². The van der Waals surface area contributed by atoms with Crippen LogP contribution >= 0.6 is 0 Å². The highest BCUT2D eigenvalue weighted by atomic mass is 16.2. The molecule has 4 rings (SSSR count). The van der Waals surface area contributed by atoms with Gasteiger partial charge in [-0.3, -0.25) is 4.90 Å². The molecule has 1 aromatic rings.